The van der Waals surface area contributed by atoms with Gasteiger partial charge in [-0.15, -0.1) is 0 Å². The Bertz CT molecular complexity index is 576. The number of phenolic OH excluding ortho intramolecular Hbond substituents is 1. The fourth-order valence-corrected chi connectivity index (χ4v) is 3.10. The minimum Gasteiger partial charge on any atom is -0.507 e. The van der Waals surface area contributed by atoms with Gasteiger partial charge in [0.15, 0.2) is 6.29 Å². The first-order valence-electron chi connectivity index (χ1n) is 6.79. The number of benzene rings is 1. The molecule has 0 saturated heterocycles. The van der Waals surface area contributed by atoms with Crippen LogP contribution in [-0.4, -0.2) is 17.4 Å². The zero-order valence-corrected chi connectivity index (χ0v) is 11.0. The number of allylic oxidation sites excluding steroid dienone is 2. The van der Waals surface area contributed by atoms with Crippen molar-refractivity contribution in [2.24, 2.45) is 17.8 Å². The van der Waals surface area contributed by atoms with Gasteiger partial charge in [-0.3, -0.25) is 9.59 Å². The monoisotopic (exact) mass is 272 g/mol. The maximum absolute atomic E-state index is 12.1. The predicted molar refractivity (Wildman–Crippen MR) is 72.1 cm³/mol. The van der Waals surface area contributed by atoms with Crippen molar-refractivity contribution in [1.29, 1.82) is 0 Å². The van der Waals surface area contributed by atoms with Gasteiger partial charge in [-0.1, -0.05) is 18.2 Å². The van der Waals surface area contributed by atoms with Crippen LogP contribution < -0.4 is 0 Å². The van der Waals surface area contributed by atoms with Crippen molar-refractivity contribution in [2.75, 3.05) is 0 Å². The normalized spacial score (nSPS) is 26.7. The van der Waals surface area contributed by atoms with Gasteiger partial charge in [0.25, 0.3) is 0 Å². The molecule has 1 saturated carbocycles. The average Bonchev–Trinajstić information content (AvgIpc) is 3.08. The summed E-state index contributed by atoms with van der Waals surface area (Å²) < 4.78 is 5.33. The summed E-state index contributed by atoms with van der Waals surface area (Å²) in [5.74, 6) is 0.620. The molecule has 0 aromatic heterocycles. The van der Waals surface area contributed by atoms with E-state index in [1.807, 2.05) is 0 Å². The van der Waals surface area contributed by atoms with Gasteiger partial charge in [-0.25, -0.2) is 0 Å². The molecule has 4 nitrogen and oxygen atoms in total. The van der Waals surface area contributed by atoms with Gasteiger partial charge in [-0.2, -0.15) is 0 Å². The zero-order valence-electron chi connectivity index (χ0n) is 11.0. The Balaban J connectivity index is 1.61. The molecule has 0 aliphatic heterocycles. The molecule has 1 N–H and O–H groups in total. The van der Waals surface area contributed by atoms with Gasteiger partial charge in [0.05, 0.1) is 11.5 Å². The van der Waals surface area contributed by atoms with E-state index >= 15 is 0 Å². The lowest BCUT2D eigenvalue weighted by atomic mass is 9.94. The molecule has 3 unspecified atom stereocenters. The SMILES string of the molecule is O=Cc1cc(COC(=O)C2CC3C=CC2C3)ccc1O. The maximum atomic E-state index is 12.1. The summed E-state index contributed by atoms with van der Waals surface area (Å²) >= 11 is 0. The van der Waals surface area contributed by atoms with E-state index in [4.69, 9.17) is 4.74 Å². The summed E-state index contributed by atoms with van der Waals surface area (Å²) in [7, 11) is 0. The summed E-state index contributed by atoms with van der Waals surface area (Å²) in [6.07, 6.45) is 6.83. The lowest BCUT2D eigenvalue weighted by molar-refractivity contribution is -0.150. The largest absolute Gasteiger partial charge is 0.507 e. The molecule has 0 spiro atoms. The van der Waals surface area contributed by atoms with Gasteiger partial charge < -0.3 is 9.84 Å². The second-order valence-electron chi connectivity index (χ2n) is 5.51. The topological polar surface area (TPSA) is 63.6 Å². The first-order chi connectivity index (χ1) is 9.67. The van der Waals surface area contributed by atoms with Crippen LogP contribution >= 0.6 is 0 Å². The van der Waals surface area contributed by atoms with E-state index in [1.54, 1.807) is 6.07 Å². The fourth-order valence-electron chi connectivity index (χ4n) is 3.10. The highest BCUT2D eigenvalue weighted by molar-refractivity contribution is 5.79. The van der Waals surface area contributed by atoms with Crippen LogP contribution in [0.2, 0.25) is 0 Å². The number of aldehydes is 1. The van der Waals surface area contributed by atoms with Gasteiger partial charge in [0.2, 0.25) is 0 Å². The Labute approximate surface area is 117 Å². The number of rotatable bonds is 4. The van der Waals surface area contributed by atoms with Crippen molar-refractivity contribution >= 4 is 12.3 Å². The molecule has 1 fully saturated rings. The Kier molecular flexibility index (Phi) is 3.30. The third-order valence-corrected chi connectivity index (χ3v) is 4.18. The zero-order chi connectivity index (χ0) is 14.1. The fraction of sp³-hybridized carbons (Fsp3) is 0.375. The molecule has 0 heterocycles. The Morgan fingerprint density at radius 1 is 1.35 bits per heavy atom. The third kappa shape index (κ3) is 2.33. The molecule has 4 heteroatoms. The lowest BCUT2D eigenvalue weighted by Crippen LogP contribution is -2.21. The van der Waals surface area contributed by atoms with E-state index in [1.165, 1.54) is 12.1 Å². The van der Waals surface area contributed by atoms with E-state index in [0.717, 1.165) is 12.8 Å². The number of carbonyl (C=O) groups is 2. The van der Waals surface area contributed by atoms with Crippen LogP contribution in [0, 0.1) is 17.8 Å². The van der Waals surface area contributed by atoms with Crippen molar-refractivity contribution < 1.29 is 19.4 Å². The smallest absolute Gasteiger partial charge is 0.309 e. The van der Waals surface area contributed by atoms with Crippen molar-refractivity contribution in [3.05, 3.63) is 41.5 Å². The van der Waals surface area contributed by atoms with E-state index in [2.05, 4.69) is 12.2 Å². The van der Waals surface area contributed by atoms with Gasteiger partial charge in [-0.05, 0) is 42.4 Å². The summed E-state index contributed by atoms with van der Waals surface area (Å²) in [6, 6.07) is 4.62. The van der Waals surface area contributed by atoms with E-state index in [9.17, 15) is 14.7 Å². The first kappa shape index (κ1) is 12.9. The molecule has 1 aromatic carbocycles. The highest BCUT2D eigenvalue weighted by Gasteiger charge is 2.40. The first-order valence-corrected chi connectivity index (χ1v) is 6.79. The molecular weight excluding hydrogens is 256 g/mol. The number of hydrogen-bond donors (Lipinski definition) is 1. The summed E-state index contributed by atoms with van der Waals surface area (Å²) in [5, 5.41) is 9.41. The molecule has 3 atom stereocenters. The Morgan fingerprint density at radius 3 is 2.85 bits per heavy atom. The number of phenols is 1. The minimum atomic E-state index is -0.164. The minimum absolute atomic E-state index is 0.0207. The number of fused-ring (bicyclic) bond motifs is 2. The van der Waals surface area contributed by atoms with Crippen LogP contribution in [0.3, 0.4) is 0 Å². The second kappa shape index (κ2) is 5.12. The number of ether oxygens (including phenoxy) is 1. The highest BCUT2D eigenvalue weighted by atomic mass is 16.5. The number of carbonyl (C=O) groups excluding carboxylic acids is 2. The third-order valence-electron chi connectivity index (χ3n) is 4.18. The van der Waals surface area contributed by atoms with Crippen molar-refractivity contribution in [2.45, 2.75) is 19.4 Å². The number of aromatic hydroxyl groups is 1. The second-order valence-corrected chi connectivity index (χ2v) is 5.51. The highest BCUT2D eigenvalue weighted by Crippen LogP contribution is 2.43. The standard InChI is InChI=1S/C16H16O4/c17-8-13-6-11(2-4-15(13)18)9-20-16(19)14-7-10-1-3-12(14)5-10/h1-4,6,8,10,12,14,18H,5,7,9H2. The molecule has 2 bridgehead atoms. The van der Waals surface area contributed by atoms with Crippen molar-refractivity contribution in [3.8, 4) is 5.75 Å². The van der Waals surface area contributed by atoms with Crippen LogP contribution in [0.1, 0.15) is 28.8 Å². The van der Waals surface area contributed by atoms with Crippen molar-refractivity contribution in [1.82, 2.24) is 0 Å². The molecule has 3 rings (SSSR count). The van der Waals surface area contributed by atoms with Crippen LogP contribution in [0.25, 0.3) is 0 Å². The van der Waals surface area contributed by atoms with E-state index in [0.29, 0.717) is 23.7 Å². The summed E-state index contributed by atoms with van der Waals surface area (Å²) in [5.41, 5.74) is 0.915. The van der Waals surface area contributed by atoms with Gasteiger partial charge in [0, 0.05) is 0 Å². The molecule has 1 aromatic rings. The Morgan fingerprint density at radius 2 is 2.20 bits per heavy atom. The maximum Gasteiger partial charge on any atom is 0.309 e. The summed E-state index contributed by atoms with van der Waals surface area (Å²) in [4.78, 5) is 22.8. The van der Waals surface area contributed by atoms with E-state index < -0.39 is 0 Å². The molecule has 104 valence electrons. The summed E-state index contributed by atoms with van der Waals surface area (Å²) in [6.45, 7) is 0.136. The lowest BCUT2D eigenvalue weighted by Gasteiger charge is -2.16. The van der Waals surface area contributed by atoms with Gasteiger partial charge >= 0.3 is 5.97 Å². The molecule has 0 radical (unpaired) electrons. The van der Waals surface area contributed by atoms with Crippen LogP contribution in [0.4, 0.5) is 0 Å². The number of esters is 1. The molecule has 2 aliphatic rings. The molecular formula is C16H16O4. The van der Waals surface area contributed by atoms with Crippen LogP contribution in [0.5, 0.6) is 5.75 Å². The number of hydrogen-bond acceptors (Lipinski definition) is 4. The molecule has 0 amide bonds. The molecule has 2 aliphatic carbocycles. The van der Waals surface area contributed by atoms with Gasteiger partial charge in [0.1, 0.15) is 12.4 Å². The van der Waals surface area contributed by atoms with E-state index in [-0.39, 0.29) is 29.8 Å². The predicted octanol–water partition coefficient (Wildman–Crippen LogP) is 2.46. The average molecular weight is 272 g/mol. The van der Waals surface area contributed by atoms with Crippen molar-refractivity contribution in [3.63, 3.8) is 0 Å². The molecule has 20 heavy (non-hydrogen) atoms. The Hall–Kier alpha value is -2.10. The van der Waals surface area contributed by atoms with Crippen LogP contribution in [-0.2, 0) is 16.1 Å². The van der Waals surface area contributed by atoms with Crippen LogP contribution in [0.15, 0.2) is 30.4 Å². The quantitative estimate of drug-likeness (QED) is 0.519.